The number of nitrogens with zero attached hydrogens (tertiary/aromatic N) is 2. The van der Waals surface area contributed by atoms with Crippen LogP contribution >= 0.6 is 0 Å². The number of ether oxygens (including phenoxy) is 1. The van der Waals surface area contributed by atoms with Gasteiger partial charge in [-0.15, -0.1) is 0 Å². The van der Waals surface area contributed by atoms with Crippen LogP contribution in [-0.2, 0) is 16.1 Å². The van der Waals surface area contributed by atoms with Crippen LogP contribution in [0, 0.1) is 19.8 Å². The molecule has 1 N–H and O–H groups in total. The minimum Gasteiger partial charge on any atom is -0.375 e. The van der Waals surface area contributed by atoms with E-state index in [1.165, 1.54) is 0 Å². The Kier molecular flexibility index (Phi) is 6.41. The second-order valence-electron chi connectivity index (χ2n) is 8.85. The van der Waals surface area contributed by atoms with E-state index in [2.05, 4.69) is 10.5 Å². The first-order valence-corrected chi connectivity index (χ1v) is 11.1. The second kappa shape index (κ2) is 9.22. The molecule has 2 amide bonds. The number of aromatic nitrogens is 1. The van der Waals surface area contributed by atoms with Gasteiger partial charge in [0.25, 0.3) is 5.91 Å². The van der Waals surface area contributed by atoms with Gasteiger partial charge in [-0.3, -0.25) is 9.59 Å². The summed E-state index contributed by atoms with van der Waals surface area (Å²) in [6.45, 7) is 6.11. The number of rotatable bonds is 5. The molecule has 1 unspecified atom stereocenters. The van der Waals surface area contributed by atoms with E-state index in [0.717, 1.165) is 31.2 Å². The van der Waals surface area contributed by atoms with Crippen molar-refractivity contribution in [2.45, 2.75) is 58.1 Å². The van der Waals surface area contributed by atoms with Crippen molar-refractivity contribution in [2.24, 2.45) is 5.92 Å². The fourth-order valence-corrected chi connectivity index (χ4v) is 4.85. The highest BCUT2D eigenvalue weighted by molar-refractivity contribution is 5.96. The topological polar surface area (TPSA) is 84.7 Å². The first-order chi connectivity index (χ1) is 15.0. The van der Waals surface area contributed by atoms with Gasteiger partial charge in [-0.2, -0.15) is 0 Å². The molecule has 166 valence electrons. The number of nitrogens with one attached hydrogen (secondary N) is 1. The second-order valence-corrected chi connectivity index (χ2v) is 8.85. The van der Waals surface area contributed by atoms with Crippen molar-refractivity contribution >= 4 is 11.8 Å². The van der Waals surface area contributed by atoms with Gasteiger partial charge in [0, 0.05) is 32.7 Å². The molecular weight excluding hydrogens is 394 g/mol. The Hall–Kier alpha value is -2.67. The highest BCUT2D eigenvalue weighted by Crippen LogP contribution is 2.39. The molecule has 2 aliphatic rings. The summed E-state index contributed by atoms with van der Waals surface area (Å²) >= 11 is 0. The first-order valence-electron chi connectivity index (χ1n) is 11.1. The quantitative estimate of drug-likeness (QED) is 0.794. The number of benzene rings is 1. The van der Waals surface area contributed by atoms with Crippen LogP contribution in [0.25, 0.3) is 0 Å². The molecule has 1 aromatic carbocycles. The zero-order chi connectivity index (χ0) is 21.8. The monoisotopic (exact) mass is 425 g/mol. The molecule has 31 heavy (non-hydrogen) atoms. The zero-order valence-electron chi connectivity index (χ0n) is 18.4. The van der Waals surface area contributed by atoms with Gasteiger partial charge in [0.2, 0.25) is 5.91 Å². The molecule has 0 saturated carbocycles. The smallest absolute Gasteiger partial charge is 0.259 e. The summed E-state index contributed by atoms with van der Waals surface area (Å²) in [4.78, 5) is 27.2. The lowest BCUT2D eigenvalue weighted by molar-refractivity contribution is -0.134. The van der Waals surface area contributed by atoms with E-state index in [4.69, 9.17) is 9.26 Å². The maximum absolute atomic E-state index is 12.9. The first kappa shape index (κ1) is 21.6. The number of piperidine rings is 1. The van der Waals surface area contributed by atoms with Crippen molar-refractivity contribution in [3.05, 3.63) is 52.9 Å². The summed E-state index contributed by atoms with van der Waals surface area (Å²) in [6, 6.07) is 9.96. The van der Waals surface area contributed by atoms with Crippen LogP contribution in [-0.4, -0.2) is 47.2 Å². The molecule has 0 bridgehead atoms. The molecular formula is C24H31N3O4. The van der Waals surface area contributed by atoms with Crippen molar-refractivity contribution < 1.29 is 18.8 Å². The fraction of sp³-hybridized carbons (Fsp3) is 0.542. The molecule has 2 fully saturated rings. The van der Waals surface area contributed by atoms with Crippen LogP contribution in [0.2, 0.25) is 0 Å². The van der Waals surface area contributed by atoms with Crippen LogP contribution in [0.1, 0.15) is 59.5 Å². The lowest BCUT2D eigenvalue weighted by Gasteiger charge is -2.46. The largest absolute Gasteiger partial charge is 0.375 e. The third-order valence-electron chi connectivity index (χ3n) is 6.61. The normalized spacial score (nSPS) is 20.6. The molecule has 7 nitrogen and oxygen atoms in total. The summed E-state index contributed by atoms with van der Waals surface area (Å²) in [5.41, 5.74) is 2.10. The standard InChI is InChI=1S/C24H31N3O4/c1-17-22(18(2)31-26-17)23(29)27-11-9-24(10-12-27)15-20(8-13-30-24)14-21(28)25-16-19-6-4-3-5-7-19/h3-7,20H,8-16H2,1-2H3,(H,25,28). The number of aryl methyl sites for hydroxylation is 2. The molecule has 3 heterocycles. The Balaban J connectivity index is 1.28. The molecule has 1 aromatic heterocycles. The van der Waals surface area contributed by atoms with Gasteiger partial charge in [0.1, 0.15) is 11.3 Å². The van der Waals surface area contributed by atoms with Gasteiger partial charge in [-0.1, -0.05) is 35.5 Å². The Morgan fingerprint density at radius 1 is 1.19 bits per heavy atom. The molecule has 1 spiro atoms. The summed E-state index contributed by atoms with van der Waals surface area (Å²) < 4.78 is 11.4. The summed E-state index contributed by atoms with van der Waals surface area (Å²) in [6.07, 6.45) is 3.90. The van der Waals surface area contributed by atoms with Crippen LogP contribution in [0.3, 0.4) is 0 Å². The van der Waals surface area contributed by atoms with E-state index < -0.39 is 0 Å². The maximum Gasteiger partial charge on any atom is 0.259 e. The number of amides is 2. The van der Waals surface area contributed by atoms with Gasteiger partial charge < -0.3 is 19.5 Å². The van der Waals surface area contributed by atoms with E-state index in [9.17, 15) is 9.59 Å². The lowest BCUT2D eigenvalue weighted by atomic mass is 9.78. The van der Waals surface area contributed by atoms with Gasteiger partial charge in [-0.25, -0.2) is 0 Å². The highest BCUT2D eigenvalue weighted by atomic mass is 16.5. The lowest BCUT2D eigenvalue weighted by Crippen LogP contribution is -2.51. The predicted octanol–water partition coefficient (Wildman–Crippen LogP) is 3.40. The van der Waals surface area contributed by atoms with Crippen molar-refractivity contribution in [3.8, 4) is 0 Å². The molecule has 4 rings (SSSR count). The Labute approximate surface area is 183 Å². The molecule has 7 heteroatoms. The van der Waals surface area contributed by atoms with Gasteiger partial charge in [0.05, 0.1) is 11.3 Å². The van der Waals surface area contributed by atoms with Crippen LogP contribution < -0.4 is 5.32 Å². The molecule has 1 atom stereocenters. The van der Waals surface area contributed by atoms with Crippen LogP contribution in [0.15, 0.2) is 34.9 Å². The summed E-state index contributed by atoms with van der Waals surface area (Å²) in [5.74, 6) is 0.961. The van der Waals surface area contributed by atoms with E-state index in [-0.39, 0.29) is 17.4 Å². The van der Waals surface area contributed by atoms with Crippen molar-refractivity contribution in [3.63, 3.8) is 0 Å². The third kappa shape index (κ3) is 4.98. The molecule has 2 aromatic rings. The minimum absolute atomic E-state index is 0.0150. The van der Waals surface area contributed by atoms with Crippen LogP contribution in [0.4, 0.5) is 0 Å². The van der Waals surface area contributed by atoms with Crippen molar-refractivity contribution in [1.82, 2.24) is 15.4 Å². The number of hydrogen-bond acceptors (Lipinski definition) is 5. The molecule has 2 saturated heterocycles. The van der Waals surface area contributed by atoms with Gasteiger partial charge in [0.15, 0.2) is 0 Å². The number of hydrogen-bond donors (Lipinski definition) is 1. The van der Waals surface area contributed by atoms with E-state index >= 15 is 0 Å². The summed E-state index contributed by atoms with van der Waals surface area (Å²) in [7, 11) is 0. The number of carbonyl (C=O) groups excluding carboxylic acids is 2. The summed E-state index contributed by atoms with van der Waals surface area (Å²) in [5, 5.41) is 6.94. The number of carbonyl (C=O) groups is 2. The van der Waals surface area contributed by atoms with Crippen molar-refractivity contribution in [2.75, 3.05) is 19.7 Å². The van der Waals surface area contributed by atoms with Crippen molar-refractivity contribution in [1.29, 1.82) is 0 Å². The fourth-order valence-electron chi connectivity index (χ4n) is 4.85. The average Bonchev–Trinajstić information content (AvgIpc) is 3.11. The third-order valence-corrected chi connectivity index (χ3v) is 6.61. The molecule has 0 radical (unpaired) electrons. The Bertz CT molecular complexity index is 897. The minimum atomic E-state index is -0.224. The Morgan fingerprint density at radius 3 is 2.61 bits per heavy atom. The maximum atomic E-state index is 12.9. The molecule has 2 aliphatic heterocycles. The van der Waals surface area contributed by atoms with E-state index in [0.29, 0.717) is 55.6 Å². The highest BCUT2D eigenvalue weighted by Gasteiger charge is 2.42. The van der Waals surface area contributed by atoms with Gasteiger partial charge in [-0.05, 0) is 51.0 Å². The molecule has 0 aliphatic carbocycles. The SMILES string of the molecule is Cc1noc(C)c1C(=O)N1CCC2(CC1)CC(CC(=O)NCc1ccccc1)CCO2. The van der Waals surface area contributed by atoms with E-state index in [1.54, 1.807) is 13.8 Å². The predicted molar refractivity (Wildman–Crippen MR) is 115 cm³/mol. The Morgan fingerprint density at radius 2 is 1.94 bits per heavy atom. The van der Waals surface area contributed by atoms with Gasteiger partial charge >= 0.3 is 0 Å². The zero-order valence-corrected chi connectivity index (χ0v) is 18.4. The van der Waals surface area contributed by atoms with E-state index in [1.807, 2.05) is 35.2 Å². The average molecular weight is 426 g/mol. The number of likely N-dealkylation sites (tertiary alicyclic amines) is 1. The van der Waals surface area contributed by atoms with Crippen LogP contribution in [0.5, 0.6) is 0 Å².